The van der Waals surface area contributed by atoms with Gasteiger partial charge in [-0.15, -0.1) is 0 Å². The van der Waals surface area contributed by atoms with Crippen LogP contribution in [0.5, 0.6) is 0 Å². The third-order valence-electron chi connectivity index (χ3n) is 4.68. The maximum atomic E-state index is 12.2. The summed E-state index contributed by atoms with van der Waals surface area (Å²) >= 11 is 0. The van der Waals surface area contributed by atoms with Crippen LogP contribution in [0.25, 0.3) is 0 Å². The van der Waals surface area contributed by atoms with E-state index in [-0.39, 0.29) is 12.0 Å². The normalized spacial score (nSPS) is 41.5. The summed E-state index contributed by atoms with van der Waals surface area (Å²) in [7, 11) is 0. The predicted octanol–water partition coefficient (Wildman–Crippen LogP) is 2.70. The van der Waals surface area contributed by atoms with Gasteiger partial charge in [-0.1, -0.05) is 13.3 Å². The maximum absolute atomic E-state index is 12.2. The molecule has 2 bridgehead atoms. The fourth-order valence-electron chi connectivity index (χ4n) is 3.49. The highest BCUT2D eigenvalue weighted by molar-refractivity contribution is 5.82. The molecule has 15 heavy (non-hydrogen) atoms. The van der Waals surface area contributed by atoms with E-state index >= 15 is 0 Å². The Morgan fingerprint density at radius 3 is 2.67 bits per heavy atom. The summed E-state index contributed by atoms with van der Waals surface area (Å²) in [5, 5.41) is 0. The number of rotatable bonds is 3. The first kappa shape index (κ1) is 9.83. The highest BCUT2D eigenvalue weighted by Crippen LogP contribution is 2.46. The highest BCUT2D eigenvalue weighted by Gasteiger charge is 2.46. The van der Waals surface area contributed by atoms with Crippen molar-refractivity contribution >= 4 is 5.78 Å². The molecule has 0 N–H and O–H groups in total. The molecular weight excluding hydrogens is 188 g/mol. The van der Waals surface area contributed by atoms with E-state index in [1.807, 2.05) is 0 Å². The van der Waals surface area contributed by atoms with Gasteiger partial charge in [0.1, 0.15) is 5.78 Å². The highest BCUT2D eigenvalue weighted by atomic mass is 16.5. The lowest BCUT2D eigenvalue weighted by molar-refractivity contribution is -0.127. The summed E-state index contributed by atoms with van der Waals surface area (Å²) in [5.41, 5.74) is 0.346. The Hall–Kier alpha value is -0.370. The zero-order valence-corrected chi connectivity index (χ0v) is 9.50. The van der Waals surface area contributed by atoms with Crippen LogP contribution in [0.1, 0.15) is 51.9 Å². The van der Waals surface area contributed by atoms with E-state index in [4.69, 9.17) is 4.74 Å². The molecule has 0 aromatic carbocycles. The summed E-state index contributed by atoms with van der Waals surface area (Å²) in [6.07, 6.45) is 8.65. The fraction of sp³-hybridized carbons (Fsp3) is 0.923. The monoisotopic (exact) mass is 208 g/mol. The van der Waals surface area contributed by atoms with Crippen LogP contribution >= 0.6 is 0 Å². The molecule has 2 heteroatoms. The van der Waals surface area contributed by atoms with Crippen molar-refractivity contribution in [3.05, 3.63) is 0 Å². The van der Waals surface area contributed by atoms with Crippen molar-refractivity contribution < 1.29 is 9.53 Å². The molecule has 2 aliphatic heterocycles. The first-order valence-electron chi connectivity index (χ1n) is 6.34. The van der Waals surface area contributed by atoms with Gasteiger partial charge in [0.2, 0.25) is 0 Å². The molecule has 2 nitrogen and oxygen atoms in total. The maximum Gasteiger partial charge on any atom is 0.139 e. The third-order valence-corrected chi connectivity index (χ3v) is 4.68. The van der Waals surface area contributed by atoms with Gasteiger partial charge in [0.05, 0.1) is 12.2 Å². The number of ketones is 1. The van der Waals surface area contributed by atoms with Crippen LogP contribution in [0.3, 0.4) is 0 Å². The molecule has 3 unspecified atom stereocenters. The average molecular weight is 208 g/mol. The topological polar surface area (TPSA) is 26.3 Å². The number of carbonyl (C=O) groups is 1. The molecule has 0 amide bonds. The van der Waals surface area contributed by atoms with E-state index in [0.29, 0.717) is 17.3 Å². The number of Topliss-reactive ketones (excluding diaryl/α,β-unsaturated/α-hetero) is 1. The largest absolute Gasteiger partial charge is 0.374 e. The minimum absolute atomic E-state index is 0.251. The molecule has 3 fully saturated rings. The Bertz CT molecular complexity index is 280. The molecule has 3 atom stereocenters. The van der Waals surface area contributed by atoms with E-state index < -0.39 is 0 Å². The third kappa shape index (κ3) is 1.63. The molecule has 2 saturated heterocycles. The van der Waals surface area contributed by atoms with Crippen molar-refractivity contribution in [2.45, 2.75) is 64.1 Å². The van der Waals surface area contributed by atoms with E-state index in [1.165, 1.54) is 25.7 Å². The number of fused-ring (bicyclic) bond motifs is 2. The predicted molar refractivity (Wildman–Crippen MR) is 57.6 cm³/mol. The molecular formula is C13H20O2. The zero-order valence-electron chi connectivity index (χ0n) is 9.50. The van der Waals surface area contributed by atoms with Gasteiger partial charge in [0, 0.05) is 12.3 Å². The van der Waals surface area contributed by atoms with Crippen molar-refractivity contribution in [1.29, 1.82) is 0 Å². The second kappa shape index (κ2) is 3.31. The van der Waals surface area contributed by atoms with Crippen molar-refractivity contribution in [2.24, 2.45) is 11.3 Å². The summed E-state index contributed by atoms with van der Waals surface area (Å²) in [6, 6.07) is 0. The van der Waals surface area contributed by atoms with Crippen molar-refractivity contribution in [1.82, 2.24) is 0 Å². The van der Waals surface area contributed by atoms with Gasteiger partial charge in [-0.3, -0.25) is 4.79 Å². The zero-order chi connectivity index (χ0) is 10.5. The van der Waals surface area contributed by atoms with Gasteiger partial charge in [0.15, 0.2) is 0 Å². The van der Waals surface area contributed by atoms with Gasteiger partial charge in [-0.25, -0.2) is 0 Å². The molecule has 0 aromatic heterocycles. The number of hydrogen-bond donors (Lipinski definition) is 0. The van der Waals surface area contributed by atoms with Gasteiger partial charge in [-0.2, -0.15) is 0 Å². The van der Waals surface area contributed by atoms with Crippen molar-refractivity contribution in [3.63, 3.8) is 0 Å². The Morgan fingerprint density at radius 1 is 1.40 bits per heavy atom. The SMILES string of the molecule is CC1(CC(=O)C2CC3CCC2O3)CCC1. The minimum atomic E-state index is 0.251. The second-order valence-corrected chi connectivity index (χ2v) is 6.02. The minimum Gasteiger partial charge on any atom is -0.374 e. The van der Waals surface area contributed by atoms with Gasteiger partial charge in [0.25, 0.3) is 0 Å². The molecule has 1 aliphatic carbocycles. The van der Waals surface area contributed by atoms with Crippen molar-refractivity contribution in [2.75, 3.05) is 0 Å². The molecule has 3 rings (SSSR count). The summed E-state index contributed by atoms with van der Waals surface area (Å²) in [6.45, 7) is 2.27. The lowest BCUT2D eigenvalue weighted by atomic mass is 9.66. The molecule has 1 saturated carbocycles. The quantitative estimate of drug-likeness (QED) is 0.712. The van der Waals surface area contributed by atoms with Crippen LogP contribution in [0.2, 0.25) is 0 Å². The Kier molecular flexibility index (Phi) is 2.17. The van der Waals surface area contributed by atoms with Crippen LogP contribution in [0.15, 0.2) is 0 Å². The van der Waals surface area contributed by atoms with Gasteiger partial charge in [-0.05, 0) is 37.5 Å². The molecule has 0 aromatic rings. The summed E-state index contributed by atoms with van der Waals surface area (Å²) in [5.74, 6) is 0.741. The van der Waals surface area contributed by atoms with Crippen LogP contribution in [0, 0.1) is 11.3 Å². The number of carbonyl (C=O) groups excluding carboxylic acids is 1. The lowest BCUT2D eigenvalue weighted by Gasteiger charge is -2.38. The first-order chi connectivity index (χ1) is 7.16. The summed E-state index contributed by atoms with van der Waals surface area (Å²) < 4.78 is 5.75. The fourth-order valence-corrected chi connectivity index (χ4v) is 3.49. The van der Waals surface area contributed by atoms with E-state index in [1.54, 1.807) is 0 Å². The van der Waals surface area contributed by atoms with Crippen LogP contribution in [-0.2, 0) is 9.53 Å². The average Bonchev–Trinajstić information content (AvgIpc) is 2.75. The Balaban J connectivity index is 1.60. The Morgan fingerprint density at radius 2 is 2.20 bits per heavy atom. The molecule has 0 spiro atoms. The molecule has 3 aliphatic rings. The van der Waals surface area contributed by atoms with E-state index in [0.717, 1.165) is 19.3 Å². The Labute approximate surface area is 91.4 Å². The lowest BCUT2D eigenvalue weighted by Crippen LogP contribution is -2.34. The van der Waals surface area contributed by atoms with Crippen molar-refractivity contribution in [3.8, 4) is 0 Å². The van der Waals surface area contributed by atoms with E-state index in [9.17, 15) is 4.79 Å². The number of ether oxygens (including phenoxy) is 1. The molecule has 84 valence electrons. The van der Waals surface area contributed by atoms with E-state index in [2.05, 4.69) is 6.92 Å². The standard InChI is InChI=1S/C13H20O2/c1-13(5-2-6-13)8-11(14)10-7-9-3-4-12(10)15-9/h9-10,12H,2-8H2,1H3. The molecule has 2 heterocycles. The van der Waals surface area contributed by atoms with Gasteiger partial charge >= 0.3 is 0 Å². The van der Waals surface area contributed by atoms with Crippen LogP contribution in [0.4, 0.5) is 0 Å². The molecule has 0 radical (unpaired) electrons. The second-order valence-electron chi connectivity index (χ2n) is 6.02. The smallest absolute Gasteiger partial charge is 0.139 e. The van der Waals surface area contributed by atoms with Gasteiger partial charge < -0.3 is 4.74 Å². The summed E-state index contributed by atoms with van der Waals surface area (Å²) in [4.78, 5) is 12.2. The van der Waals surface area contributed by atoms with Crippen LogP contribution < -0.4 is 0 Å². The first-order valence-corrected chi connectivity index (χ1v) is 6.34. The van der Waals surface area contributed by atoms with Crippen LogP contribution in [-0.4, -0.2) is 18.0 Å². The number of hydrogen-bond acceptors (Lipinski definition) is 2.